The third-order valence-corrected chi connectivity index (χ3v) is 3.46. The molecule has 1 fully saturated rings. The minimum absolute atomic E-state index is 0.0533. The molecule has 86 valence electrons. The van der Waals surface area contributed by atoms with E-state index < -0.39 is 5.38 Å². The number of aliphatic hydroxyl groups is 1. The molecule has 1 saturated heterocycles. The van der Waals surface area contributed by atoms with Gasteiger partial charge in [0.25, 0.3) is 0 Å². The number of amides is 1. The van der Waals surface area contributed by atoms with Crippen LogP contribution in [0.1, 0.15) is 5.56 Å². The van der Waals surface area contributed by atoms with Gasteiger partial charge in [0.15, 0.2) is 0 Å². The third-order valence-electron chi connectivity index (χ3n) is 2.91. The number of hydrogen-bond acceptors (Lipinski definition) is 2. The van der Waals surface area contributed by atoms with Crippen molar-refractivity contribution in [3.63, 3.8) is 0 Å². The van der Waals surface area contributed by atoms with Crippen LogP contribution in [0.5, 0.6) is 0 Å². The summed E-state index contributed by atoms with van der Waals surface area (Å²) in [6, 6.07) is 7.71. The van der Waals surface area contributed by atoms with Crippen LogP contribution in [-0.2, 0) is 4.79 Å². The first-order chi connectivity index (χ1) is 7.63. The van der Waals surface area contributed by atoms with Crippen molar-refractivity contribution >= 4 is 23.2 Å². The van der Waals surface area contributed by atoms with Crippen molar-refractivity contribution < 1.29 is 9.90 Å². The fourth-order valence-electron chi connectivity index (χ4n) is 1.88. The highest BCUT2D eigenvalue weighted by Crippen LogP contribution is 2.28. The van der Waals surface area contributed by atoms with E-state index in [2.05, 4.69) is 0 Å². The van der Waals surface area contributed by atoms with E-state index in [1.165, 1.54) is 0 Å². The summed E-state index contributed by atoms with van der Waals surface area (Å²) in [6.07, 6.45) is 0. The molecule has 16 heavy (non-hydrogen) atoms. The van der Waals surface area contributed by atoms with Crippen molar-refractivity contribution in [1.82, 2.24) is 0 Å². The van der Waals surface area contributed by atoms with Crippen molar-refractivity contribution in [1.29, 1.82) is 0 Å². The Labute approximate surface area is 99.6 Å². The second-order valence-corrected chi connectivity index (χ2v) is 4.60. The predicted octanol–water partition coefficient (Wildman–Crippen LogP) is 1.56. The number of carbonyl (C=O) groups is 1. The Bertz CT molecular complexity index is 391. The maximum atomic E-state index is 11.8. The highest BCUT2D eigenvalue weighted by Gasteiger charge is 2.39. The molecule has 0 aromatic heterocycles. The number of nitrogens with zero attached hydrogens (tertiary/aromatic N) is 1. The van der Waals surface area contributed by atoms with Gasteiger partial charge in [-0.3, -0.25) is 4.79 Å². The van der Waals surface area contributed by atoms with Gasteiger partial charge in [0.2, 0.25) is 5.91 Å². The van der Waals surface area contributed by atoms with Gasteiger partial charge in [-0.05, 0) is 19.1 Å². The Kier molecular flexibility index (Phi) is 3.17. The minimum Gasteiger partial charge on any atom is -0.396 e. The molecule has 0 radical (unpaired) electrons. The zero-order valence-corrected chi connectivity index (χ0v) is 9.81. The first kappa shape index (κ1) is 11.4. The number of benzene rings is 1. The van der Waals surface area contributed by atoms with Crippen LogP contribution in [0.3, 0.4) is 0 Å². The molecule has 1 aromatic rings. The van der Waals surface area contributed by atoms with E-state index in [4.69, 9.17) is 16.7 Å². The molecule has 1 aromatic carbocycles. The van der Waals surface area contributed by atoms with E-state index >= 15 is 0 Å². The van der Waals surface area contributed by atoms with Gasteiger partial charge >= 0.3 is 0 Å². The van der Waals surface area contributed by atoms with Gasteiger partial charge in [0.1, 0.15) is 5.38 Å². The van der Waals surface area contributed by atoms with E-state index in [1.54, 1.807) is 4.90 Å². The lowest BCUT2D eigenvalue weighted by Crippen LogP contribution is -2.27. The quantitative estimate of drug-likeness (QED) is 0.796. The Morgan fingerprint density at radius 2 is 2.06 bits per heavy atom. The molecule has 1 amide bonds. The Morgan fingerprint density at radius 3 is 2.56 bits per heavy atom. The highest BCUT2D eigenvalue weighted by molar-refractivity contribution is 6.34. The molecule has 2 atom stereocenters. The predicted molar refractivity (Wildman–Crippen MR) is 63.7 cm³/mol. The van der Waals surface area contributed by atoms with Crippen molar-refractivity contribution in [3.8, 4) is 0 Å². The van der Waals surface area contributed by atoms with E-state index in [0.29, 0.717) is 6.54 Å². The summed E-state index contributed by atoms with van der Waals surface area (Å²) in [5.74, 6) is -0.292. The molecule has 0 saturated carbocycles. The molecule has 2 rings (SSSR count). The maximum absolute atomic E-state index is 11.8. The number of halogens is 1. The average Bonchev–Trinajstić information content (AvgIpc) is 2.57. The lowest BCUT2D eigenvalue weighted by molar-refractivity contribution is -0.117. The molecule has 1 heterocycles. The van der Waals surface area contributed by atoms with Gasteiger partial charge in [-0.15, -0.1) is 11.6 Å². The summed E-state index contributed by atoms with van der Waals surface area (Å²) >= 11 is 5.95. The summed E-state index contributed by atoms with van der Waals surface area (Å²) in [4.78, 5) is 13.5. The van der Waals surface area contributed by atoms with Crippen molar-refractivity contribution in [2.75, 3.05) is 18.1 Å². The van der Waals surface area contributed by atoms with Gasteiger partial charge in [-0.2, -0.15) is 0 Å². The highest BCUT2D eigenvalue weighted by atomic mass is 35.5. The third kappa shape index (κ3) is 1.93. The van der Waals surface area contributed by atoms with Gasteiger partial charge < -0.3 is 10.0 Å². The van der Waals surface area contributed by atoms with Crippen LogP contribution < -0.4 is 4.90 Å². The standard InChI is InChI=1S/C12H14ClNO2/c1-8-2-4-10(5-3-8)14-6-9(7-15)11(13)12(14)16/h2-5,9,11,15H,6-7H2,1H3. The van der Waals surface area contributed by atoms with Crippen molar-refractivity contribution in [2.45, 2.75) is 12.3 Å². The number of carbonyl (C=O) groups excluding carboxylic acids is 1. The summed E-state index contributed by atoms with van der Waals surface area (Å²) < 4.78 is 0. The number of aryl methyl sites for hydroxylation is 1. The van der Waals surface area contributed by atoms with Crippen molar-refractivity contribution in [3.05, 3.63) is 29.8 Å². The molecule has 1 aliphatic heterocycles. The van der Waals surface area contributed by atoms with E-state index in [9.17, 15) is 4.79 Å². The minimum atomic E-state index is -0.605. The smallest absolute Gasteiger partial charge is 0.245 e. The topological polar surface area (TPSA) is 40.5 Å². The summed E-state index contributed by atoms with van der Waals surface area (Å²) in [7, 11) is 0. The average molecular weight is 240 g/mol. The fraction of sp³-hybridized carbons (Fsp3) is 0.417. The van der Waals surface area contributed by atoms with Crippen LogP contribution in [0.15, 0.2) is 24.3 Å². The number of anilines is 1. The number of hydrogen-bond donors (Lipinski definition) is 1. The Balaban J connectivity index is 2.23. The summed E-state index contributed by atoms with van der Waals surface area (Å²) in [5, 5.41) is 8.49. The molecule has 0 bridgehead atoms. The second-order valence-electron chi connectivity index (χ2n) is 4.13. The maximum Gasteiger partial charge on any atom is 0.245 e. The number of aliphatic hydroxyl groups excluding tert-OH is 1. The molecule has 4 heteroatoms. The van der Waals surface area contributed by atoms with Crippen LogP contribution in [0.4, 0.5) is 5.69 Å². The zero-order chi connectivity index (χ0) is 11.7. The van der Waals surface area contributed by atoms with Gasteiger partial charge in [0, 0.05) is 24.8 Å². The molecule has 0 spiro atoms. The first-order valence-corrected chi connectivity index (χ1v) is 5.70. The van der Waals surface area contributed by atoms with E-state index in [0.717, 1.165) is 11.3 Å². The lowest BCUT2D eigenvalue weighted by Gasteiger charge is -2.16. The molecule has 2 unspecified atom stereocenters. The largest absolute Gasteiger partial charge is 0.396 e. The SMILES string of the molecule is Cc1ccc(N2CC(CO)C(Cl)C2=O)cc1. The Morgan fingerprint density at radius 1 is 1.44 bits per heavy atom. The molecular formula is C12H14ClNO2. The Hall–Kier alpha value is -1.06. The molecular weight excluding hydrogens is 226 g/mol. The summed E-state index contributed by atoms with van der Waals surface area (Å²) in [5.41, 5.74) is 1.99. The molecule has 1 aliphatic rings. The van der Waals surface area contributed by atoms with E-state index in [1.807, 2.05) is 31.2 Å². The summed E-state index contributed by atoms with van der Waals surface area (Å²) in [6.45, 7) is 2.44. The van der Waals surface area contributed by atoms with Gasteiger partial charge in [-0.1, -0.05) is 17.7 Å². The normalized spacial score (nSPS) is 25.2. The van der Waals surface area contributed by atoms with Gasteiger partial charge in [0.05, 0.1) is 0 Å². The number of alkyl halides is 1. The fourth-order valence-corrected chi connectivity index (χ4v) is 2.15. The van der Waals surface area contributed by atoms with Crippen LogP contribution in [-0.4, -0.2) is 29.5 Å². The van der Waals surface area contributed by atoms with Crippen LogP contribution >= 0.6 is 11.6 Å². The van der Waals surface area contributed by atoms with Gasteiger partial charge in [-0.25, -0.2) is 0 Å². The van der Waals surface area contributed by atoms with Crippen LogP contribution in [0, 0.1) is 12.8 Å². The van der Waals surface area contributed by atoms with Crippen LogP contribution in [0.25, 0.3) is 0 Å². The lowest BCUT2D eigenvalue weighted by atomic mass is 10.1. The van der Waals surface area contributed by atoms with Crippen LogP contribution in [0.2, 0.25) is 0 Å². The molecule has 1 N–H and O–H groups in total. The number of rotatable bonds is 2. The van der Waals surface area contributed by atoms with E-state index in [-0.39, 0.29) is 18.4 Å². The molecule has 3 nitrogen and oxygen atoms in total. The van der Waals surface area contributed by atoms with Crippen molar-refractivity contribution in [2.24, 2.45) is 5.92 Å². The second kappa shape index (κ2) is 4.44. The zero-order valence-electron chi connectivity index (χ0n) is 9.06. The molecule has 0 aliphatic carbocycles. The first-order valence-electron chi connectivity index (χ1n) is 5.26. The monoisotopic (exact) mass is 239 g/mol.